The highest BCUT2D eigenvalue weighted by molar-refractivity contribution is 6.07. The van der Waals surface area contributed by atoms with Gasteiger partial charge in [-0.1, -0.05) is 12.1 Å². The lowest BCUT2D eigenvalue weighted by atomic mass is 10.1. The van der Waals surface area contributed by atoms with Crippen LogP contribution in [-0.2, 0) is 0 Å². The van der Waals surface area contributed by atoms with Crippen molar-refractivity contribution in [2.75, 3.05) is 19.5 Å². The molecule has 4 rings (SSSR count). The molecule has 1 amide bonds. The van der Waals surface area contributed by atoms with Crippen LogP contribution in [0.4, 0.5) is 5.69 Å². The molecule has 4 aromatic rings. The Labute approximate surface area is 167 Å². The highest BCUT2D eigenvalue weighted by atomic mass is 16.5. The van der Waals surface area contributed by atoms with E-state index in [2.05, 4.69) is 15.5 Å². The first-order valence-corrected chi connectivity index (χ1v) is 9.05. The van der Waals surface area contributed by atoms with E-state index in [-0.39, 0.29) is 5.91 Å². The first-order chi connectivity index (χ1) is 14.1. The number of nitrogens with zero attached hydrogens (tertiary/aromatic N) is 3. The zero-order chi connectivity index (χ0) is 20.4. The van der Waals surface area contributed by atoms with Gasteiger partial charge in [-0.3, -0.25) is 4.79 Å². The Balaban J connectivity index is 1.61. The van der Waals surface area contributed by atoms with Crippen LogP contribution in [0.25, 0.3) is 16.7 Å². The van der Waals surface area contributed by atoms with Gasteiger partial charge in [0.05, 0.1) is 25.5 Å². The fourth-order valence-corrected chi connectivity index (χ4v) is 3.12. The summed E-state index contributed by atoms with van der Waals surface area (Å²) < 4.78 is 10.6. The van der Waals surface area contributed by atoms with Crippen LogP contribution in [-0.4, -0.2) is 35.1 Å². The van der Waals surface area contributed by atoms with Crippen LogP contribution in [0.5, 0.6) is 11.5 Å². The van der Waals surface area contributed by atoms with Crippen LogP contribution in [0.2, 0.25) is 0 Å². The highest BCUT2D eigenvalue weighted by Crippen LogP contribution is 2.25. The molecule has 0 unspecified atom stereocenters. The quantitative estimate of drug-likeness (QED) is 0.559. The molecule has 0 atom stereocenters. The predicted octanol–water partition coefficient (Wildman–Crippen LogP) is 4.00. The number of fused-ring (bicyclic) bond motifs is 1. The van der Waals surface area contributed by atoms with Crippen molar-refractivity contribution in [1.29, 1.82) is 0 Å². The fraction of sp³-hybridized carbons (Fsp3) is 0.136. The minimum atomic E-state index is -0.243. The summed E-state index contributed by atoms with van der Waals surface area (Å²) in [5.74, 6) is 1.09. The van der Waals surface area contributed by atoms with Gasteiger partial charge in [0, 0.05) is 5.69 Å². The lowest BCUT2D eigenvalue weighted by Crippen LogP contribution is -2.13. The Bertz CT molecular complexity index is 1180. The van der Waals surface area contributed by atoms with Crippen LogP contribution >= 0.6 is 0 Å². The second-order valence-corrected chi connectivity index (χ2v) is 6.50. The Morgan fingerprint density at radius 2 is 1.69 bits per heavy atom. The van der Waals surface area contributed by atoms with Gasteiger partial charge in [-0.05, 0) is 61.0 Å². The normalized spacial score (nSPS) is 10.7. The van der Waals surface area contributed by atoms with Gasteiger partial charge < -0.3 is 14.8 Å². The molecule has 7 nitrogen and oxygen atoms in total. The maximum absolute atomic E-state index is 12.7. The lowest BCUT2D eigenvalue weighted by Gasteiger charge is -2.11. The summed E-state index contributed by atoms with van der Waals surface area (Å²) in [5.41, 5.74) is 4.24. The van der Waals surface area contributed by atoms with E-state index in [1.54, 1.807) is 37.2 Å². The Morgan fingerprint density at radius 1 is 0.931 bits per heavy atom. The van der Waals surface area contributed by atoms with Gasteiger partial charge in [0.15, 0.2) is 0 Å². The van der Waals surface area contributed by atoms with Crippen LogP contribution < -0.4 is 14.8 Å². The van der Waals surface area contributed by atoms with Crippen LogP contribution in [0.3, 0.4) is 0 Å². The highest BCUT2D eigenvalue weighted by Gasteiger charge is 2.15. The number of methoxy groups -OCH3 is 2. The second-order valence-electron chi connectivity index (χ2n) is 6.50. The van der Waals surface area contributed by atoms with Gasteiger partial charge in [0.1, 0.15) is 22.5 Å². The summed E-state index contributed by atoms with van der Waals surface area (Å²) in [6.07, 6.45) is 0. The lowest BCUT2D eigenvalue weighted by molar-refractivity contribution is 0.102. The average Bonchev–Trinajstić information content (AvgIpc) is 3.17. The maximum atomic E-state index is 12.7. The molecule has 0 aliphatic heterocycles. The molecular weight excluding hydrogens is 368 g/mol. The molecule has 0 saturated carbocycles. The summed E-state index contributed by atoms with van der Waals surface area (Å²) in [6.45, 7) is 1.90. The maximum Gasteiger partial charge on any atom is 0.259 e. The Kier molecular flexibility index (Phi) is 4.87. The molecule has 0 bridgehead atoms. The van der Waals surface area contributed by atoms with Crippen LogP contribution in [0.15, 0.2) is 60.7 Å². The summed E-state index contributed by atoms with van der Waals surface area (Å²) in [7, 11) is 3.18. The Morgan fingerprint density at radius 3 is 2.41 bits per heavy atom. The molecule has 0 spiro atoms. The minimum absolute atomic E-state index is 0.243. The number of hydrogen-bond acceptors (Lipinski definition) is 5. The van der Waals surface area contributed by atoms with Crippen LogP contribution in [0, 0.1) is 6.92 Å². The SMILES string of the molecule is COc1ccc(-n2nc3ccc(NC(=O)c4cccc(C)c4OC)cc3n2)cc1. The number of nitrogens with one attached hydrogen (secondary N) is 1. The molecule has 146 valence electrons. The van der Waals surface area contributed by atoms with E-state index >= 15 is 0 Å². The predicted molar refractivity (Wildman–Crippen MR) is 111 cm³/mol. The summed E-state index contributed by atoms with van der Waals surface area (Å²) in [5, 5.41) is 11.9. The van der Waals surface area contributed by atoms with Gasteiger partial charge in [-0.2, -0.15) is 4.80 Å². The van der Waals surface area contributed by atoms with Crippen molar-refractivity contribution < 1.29 is 14.3 Å². The molecule has 1 aromatic heterocycles. The largest absolute Gasteiger partial charge is 0.497 e. The molecule has 0 fully saturated rings. The van der Waals surface area contributed by atoms with E-state index in [0.29, 0.717) is 22.5 Å². The van der Waals surface area contributed by atoms with E-state index in [0.717, 1.165) is 22.5 Å². The first-order valence-electron chi connectivity index (χ1n) is 9.05. The number of rotatable bonds is 5. The molecule has 0 aliphatic carbocycles. The standard InChI is InChI=1S/C22H20N4O3/c1-14-5-4-6-18(21(14)29-3)22(27)23-15-7-12-19-20(13-15)25-26(24-19)16-8-10-17(28-2)11-9-16/h4-13H,1-3H3,(H,23,27). The topological polar surface area (TPSA) is 78.3 Å². The minimum Gasteiger partial charge on any atom is -0.497 e. The van der Waals surface area contributed by atoms with Gasteiger partial charge in [-0.15, -0.1) is 10.2 Å². The smallest absolute Gasteiger partial charge is 0.259 e. The number of carbonyl (C=O) groups is 1. The average molecular weight is 388 g/mol. The summed E-state index contributed by atoms with van der Waals surface area (Å²) in [6, 6.07) is 18.3. The number of aryl methyl sites for hydroxylation is 1. The third-order valence-electron chi connectivity index (χ3n) is 4.60. The van der Waals surface area contributed by atoms with Crippen molar-refractivity contribution in [3.05, 3.63) is 71.8 Å². The van der Waals surface area contributed by atoms with Crippen molar-refractivity contribution in [1.82, 2.24) is 15.0 Å². The Hall–Kier alpha value is -3.87. The van der Waals surface area contributed by atoms with Gasteiger partial charge in [0.2, 0.25) is 0 Å². The van der Waals surface area contributed by atoms with Crippen molar-refractivity contribution in [2.24, 2.45) is 0 Å². The van der Waals surface area contributed by atoms with E-state index in [9.17, 15) is 4.79 Å². The van der Waals surface area contributed by atoms with E-state index < -0.39 is 0 Å². The van der Waals surface area contributed by atoms with Gasteiger partial charge in [-0.25, -0.2) is 0 Å². The number of amides is 1. The van der Waals surface area contributed by atoms with Crippen molar-refractivity contribution in [3.63, 3.8) is 0 Å². The monoisotopic (exact) mass is 388 g/mol. The number of carbonyl (C=O) groups excluding carboxylic acids is 1. The van der Waals surface area contributed by atoms with Gasteiger partial charge >= 0.3 is 0 Å². The molecule has 29 heavy (non-hydrogen) atoms. The number of hydrogen-bond donors (Lipinski definition) is 1. The van der Waals surface area contributed by atoms with E-state index in [1.807, 2.05) is 49.4 Å². The number of benzene rings is 3. The van der Waals surface area contributed by atoms with Crippen molar-refractivity contribution in [2.45, 2.75) is 6.92 Å². The zero-order valence-corrected chi connectivity index (χ0v) is 16.3. The van der Waals surface area contributed by atoms with Crippen molar-refractivity contribution >= 4 is 22.6 Å². The van der Waals surface area contributed by atoms with Gasteiger partial charge in [0.25, 0.3) is 5.91 Å². The molecule has 0 aliphatic rings. The number of para-hydroxylation sites is 1. The molecule has 0 saturated heterocycles. The van der Waals surface area contributed by atoms with E-state index in [1.165, 1.54) is 0 Å². The van der Waals surface area contributed by atoms with Crippen LogP contribution in [0.1, 0.15) is 15.9 Å². The fourth-order valence-electron chi connectivity index (χ4n) is 3.12. The molecular formula is C22H20N4O3. The molecule has 3 aromatic carbocycles. The molecule has 1 heterocycles. The first kappa shape index (κ1) is 18.5. The second kappa shape index (κ2) is 7.63. The van der Waals surface area contributed by atoms with Crippen molar-refractivity contribution in [3.8, 4) is 17.2 Å². The summed E-state index contributed by atoms with van der Waals surface area (Å²) in [4.78, 5) is 14.3. The third-order valence-corrected chi connectivity index (χ3v) is 4.60. The summed E-state index contributed by atoms with van der Waals surface area (Å²) >= 11 is 0. The van der Waals surface area contributed by atoms with E-state index in [4.69, 9.17) is 9.47 Å². The number of anilines is 1. The zero-order valence-electron chi connectivity index (χ0n) is 16.3. The third kappa shape index (κ3) is 3.62. The number of aromatic nitrogens is 3. The molecule has 0 radical (unpaired) electrons. The number of ether oxygens (including phenoxy) is 2. The molecule has 7 heteroatoms. The molecule has 1 N–H and O–H groups in total.